The van der Waals surface area contributed by atoms with E-state index in [0.29, 0.717) is 43.5 Å². The Morgan fingerprint density at radius 2 is 1.97 bits per heavy atom. The fourth-order valence-electron chi connectivity index (χ4n) is 3.42. The van der Waals surface area contributed by atoms with Crippen molar-refractivity contribution in [1.82, 2.24) is 18.8 Å². The number of aromatic nitrogens is 2. The molecular weight excluding hydrogens is 432 g/mol. The largest absolute Gasteiger partial charge is 0.447 e. The van der Waals surface area contributed by atoms with Crippen LogP contribution in [0.5, 0.6) is 0 Å². The third kappa shape index (κ3) is 3.92. The van der Waals surface area contributed by atoms with Crippen molar-refractivity contribution in [1.29, 1.82) is 0 Å². The Kier molecular flexibility index (Phi) is 6.00. The maximum Gasteiger partial charge on any atom is 0.416 e. The van der Waals surface area contributed by atoms with Crippen molar-refractivity contribution in [2.75, 3.05) is 45.2 Å². The maximum atomic E-state index is 12.9. The first-order valence-electron chi connectivity index (χ1n) is 9.60. The minimum absolute atomic E-state index is 0.0390. The number of sulfonamides is 1. The fraction of sp³-hybridized carbons (Fsp3) is 0.500. The molecule has 1 aromatic carbocycles. The second-order valence-electron chi connectivity index (χ2n) is 6.75. The Balaban J connectivity index is 1.57. The summed E-state index contributed by atoms with van der Waals surface area (Å²) in [6.07, 6.45) is -0.623. The second kappa shape index (κ2) is 8.53. The van der Waals surface area contributed by atoms with Gasteiger partial charge in [0.05, 0.1) is 41.4 Å². The Morgan fingerprint density at radius 3 is 2.63 bits per heavy atom. The van der Waals surface area contributed by atoms with Crippen LogP contribution >= 0.6 is 11.8 Å². The number of carbonyl (C=O) groups excluding carboxylic acids is 2. The van der Waals surface area contributed by atoms with Gasteiger partial charge < -0.3 is 14.0 Å². The van der Waals surface area contributed by atoms with Gasteiger partial charge in [-0.25, -0.2) is 23.1 Å². The summed E-state index contributed by atoms with van der Waals surface area (Å²) in [4.78, 5) is 29.6. The molecule has 0 bridgehead atoms. The zero-order valence-corrected chi connectivity index (χ0v) is 18.1. The molecule has 0 radical (unpaired) electrons. The molecule has 2 amide bonds. The van der Waals surface area contributed by atoms with Gasteiger partial charge in [-0.2, -0.15) is 4.31 Å². The van der Waals surface area contributed by atoms with E-state index < -0.39 is 16.1 Å². The molecular formula is C18H22N4O6S2. The van der Waals surface area contributed by atoms with Crippen LogP contribution in [0.25, 0.3) is 11.0 Å². The highest BCUT2D eigenvalue weighted by Gasteiger charge is 2.29. The lowest BCUT2D eigenvalue weighted by Gasteiger charge is -2.26. The number of aryl methyl sites for hydroxylation is 1. The Morgan fingerprint density at radius 1 is 1.20 bits per heavy atom. The SMILES string of the molecule is CCn1c(SCC(=O)N2CCOC2=O)nc2cc(S(=O)(=O)N3CCOCC3)ccc21. The molecule has 2 saturated heterocycles. The summed E-state index contributed by atoms with van der Waals surface area (Å²) in [7, 11) is -3.62. The zero-order chi connectivity index (χ0) is 21.3. The molecule has 12 heteroatoms. The molecule has 0 N–H and O–H groups in total. The average molecular weight is 455 g/mol. The predicted octanol–water partition coefficient (Wildman–Crippen LogP) is 1.15. The van der Waals surface area contributed by atoms with Crippen LogP contribution in [-0.2, 0) is 30.8 Å². The molecule has 30 heavy (non-hydrogen) atoms. The molecule has 0 spiro atoms. The predicted molar refractivity (Wildman–Crippen MR) is 109 cm³/mol. The smallest absolute Gasteiger partial charge is 0.416 e. The number of thioether (sulfide) groups is 1. The summed E-state index contributed by atoms with van der Waals surface area (Å²) in [6, 6.07) is 4.89. The van der Waals surface area contributed by atoms with Crippen molar-refractivity contribution in [3.05, 3.63) is 18.2 Å². The molecule has 0 aliphatic carbocycles. The molecule has 4 rings (SSSR count). The highest BCUT2D eigenvalue weighted by atomic mass is 32.2. The average Bonchev–Trinajstić information content (AvgIpc) is 3.34. The molecule has 0 unspecified atom stereocenters. The first-order chi connectivity index (χ1) is 14.4. The van der Waals surface area contributed by atoms with Gasteiger partial charge in [0.25, 0.3) is 0 Å². The van der Waals surface area contributed by atoms with Crippen LogP contribution in [0.15, 0.2) is 28.3 Å². The lowest BCUT2D eigenvalue weighted by atomic mass is 10.3. The number of benzene rings is 1. The third-order valence-electron chi connectivity index (χ3n) is 5.00. The molecule has 2 aliphatic heterocycles. The number of fused-ring (bicyclic) bond motifs is 1. The number of carbonyl (C=O) groups is 2. The molecule has 2 aliphatic rings. The first kappa shape index (κ1) is 21.1. The van der Waals surface area contributed by atoms with Crippen LogP contribution in [0, 0.1) is 0 Å². The lowest BCUT2D eigenvalue weighted by Crippen LogP contribution is -2.40. The minimum atomic E-state index is -3.62. The summed E-state index contributed by atoms with van der Waals surface area (Å²) in [5.41, 5.74) is 1.33. The molecule has 0 atom stereocenters. The van der Waals surface area contributed by atoms with E-state index in [4.69, 9.17) is 9.47 Å². The van der Waals surface area contributed by atoms with Crippen molar-refractivity contribution in [2.24, 2.45) is 0 Å². The van der Waals surface area contributed by atoms with Gasteiger partial charge in [0.15, 0.2) is 5.16 Å². The van der Waals surface area contributed by atoms with Gasteiger partial charge in [0.2, 0.25) is 15.9 Å². The van der Waals surface area contributed by atoms with E-state index in [0.717, 1.165) is 10.4 Å². The number of nitrogens with zero attached hydrogens (tertiary/aromatic N) is 4. The number of rotatable bonds is 6. The standard InChI is InChI=1S/C18H22N4O6S2/c1-2-21-15-4-3-13(30(25,26)20-5-8-27-9-6-20)11-14(15)19-17(21)29-12-16(23)22-7-10-28-18(22)24/h3-4,11H,2,5-10,12H2,1H3. The number of hydrogen-bond acceptors (Lipinski definition) is 8. The maximum absolute atomic E-state index is 12.9. The molecule has 0 saturated carbocycles. The van der Waals surface area contributed by atoms with Crippen molar-refractivity contribution < 1.29 is 27.5 Å². The van der Waals surface area contributed by atoms with Gasteiger partial charge in [-0.05, 0) is 25.1 Å². The molecule has 2 aromatic rings. The third-order valence-corrected chi connectivity index (χ3v) is 7.85. The topological polar surface area (TPSA) is 111 Å². The van der Waals surface area contributed by atoms with Gasteiger partial charge in [0, 0.05) is 19.6 Å². The van der Waals surface area contributed by atoms with Gasteiger partial charge in [-0.1, -0.05) is 11.8 Å². The second-order valence-corrected chi connectivity index (χ2v) is 9.63. The summed E-state index contributed by atoms with van der Waals surface area (Å²) < 4.78 is 39.2. The number of imide groups is 1. The van der Waals surface area contributed by atoms with Crippen molar-refractivity contribution in [2.45, 2.75) is 23.5 Å². The highest BCUT2D eigenvalue weighted by Crippen LogP contribution is 2.28. The molecule has 10 nitrogen and oxygen atoms in total. The van der Waals surface area contributed by atoms with E-state index in [1.165, 1.54) is 16.1 Å². The number of cyclic esters (lactones) is 1. The van der Waals surface area contributed by atoms with Gasteiger partial charge >= 0.3 is 6.09 Å². The van der Waals surface area contributed by atoms with E-state index in [2.05, 4.69) is 4.98 Å². The number of amides is 2. The monoisotopic (exact) mass is 454 g/mol. The van der Waals surface area contributed by atoms with E-state index in [1.807, 2.05) is 11.5 Å². The highest BCUT2D eigenvalue weighted by molar-refractivity contribution is 7.99. The van der Waals surface area contributed by atoms with E-state index >= 15 is 0 Å². The molecule has 2 fully saturated rings. The van der Waals surface area contributed by atoms with Crippen molar-refractivity contribution in [3.63, 3.8) is 0 Å². The summed E-state index contributed by atoms with van der Waals surface area (Å²) in [6.45, 7) is 4.43. The quantitative estimate of drug-likeness (QED) is 0.598. The zero-order valence-electron chi connectivity index (χ0n) is 16.4. The van der Waals surface area contributed by atoms with Crippen LogP contribution in [0.1, 0.15) is 6.92 Å². The minimum Gasteiger partial charge on any atom is -0.447 e. The molecule has 1 aromatic heterocycles. The number of imidazole rings is 1. The summed E-state index contributed by atoms with van der Waals surface area (Å²) >= 11 is 1.21. The molecule has 162 valence electrons. The number of hydrogen-bond donors (Lipinski definition) is 0. The van der Waals surface area contributed by atoms with Crippen LogP contribution < -0.4 is 0 Å². The lowest BCUT2D eigenvalue weighted by molar-refractivity contribution is -0.125. The first-order valence-corrected chi connectivity index (χ1v) is 12.0. The van der Waals surface area contributed by atoms with Crippen molar-refractivity contribution in [3.8, 4) is 0 Å². The summed E-state index contributed by atoms with van der Waals surface area (Å²) in [5.74, 6) is -0.301. The number of ether oxygens (including phenoxy) is 2. The van der Waals surface area contributed by atoms with Crippen LogP contribution in [-0.4, -0.2) is 84.4 Å². The van der Waals surface area contributed by atoms with Gasteiger partial charge in [0.1, 0.15) is 6.61 Å². The van der Waals surface area contributed by atoms with E-state index in [-0.39, 0.29) is 29.7 Å². The fourth-order valence-corrected chi connectivity index (χ4v) is 5.81. The normalized spacial score (nSPS) is 18.2. The van der Waals surface area contributed by atoms with E-state index in [1.54, 1.807) is 18.2 Å². The Labute approximate surface area is 178 Å². The Hall–Kier alpha value is -2.15. The molecule has 3 heterocycles. The van der Waals surface area contributed by atoms with E-state index in [9.17, 15) is 18.0 Å². The van der Waals surface area contributed by atoms with Gasteiger partial charge in [-0.3, -0.25) is 4.79 Å². The number of morpholine rings is 1. The van der Waals surface area contributed by atoms with Gasteiger partial charge in [-0.15, -0.1) is 0 Å². The van der Waals surface area contributed by atoms with Crippen LogP contribution in [0.4, 0.5) is 4.79 Å². The summed E-state index contributed by atoms with van der Waals surface area (Å²) in [5, 5.41) is 0.592. The van der Waals surface area contributed by atoms with Crippen LogP contribution in [0.2, 0.25) is 0 Å². The Bertz CT molecular complexity index is 1080. The van der Waals surface area contributed by atoms with Crippen molar-refractivity contribution >= 4 is 44.8 Å². The van der Waals surface area contributed by atoms with Crippen LogP contribution in [0.3, 0.4) is 0 Å².